The minimum absolute atomic E-state index is 0.0635. The van der Waals surface area contributed by atoms with E-state index in [1.54, 1.807) is 16.9 Å². The molecule has 176 valence electrons. The molecule has 3 heterocycles. The van der Waals surface area contributed by atoms with Gasteiger partial charge in [-0.2, -0.15) is 5.10 Å². The van der Waals surface area contributed by atoms with E-state index in [0.29, 0.717) is 23.2 Å². The second kappa shape index (κ2) is 10.0. The lowest BCUT2D eigenvalue weighted by molar-refractivity contribution is -0.101. The Morgan fingerprint density at radius 2 is 1.91 bits per heavy atom. The third kappa shape index (κ3) is 5.09. The molecule has 0 unspecified atom stereocenters. The first kappa shape index (κ1) is 23.4. The van der Waals surface area contributed by atoms with Crippen molar-refractivity contribution in [2.45, 2.75) is 65.7 Å². The van der Waals surface area contributed by atoms with Crippen LogP contribution in [0.3, 0.4) is 0 Å². The van der Waals surface area contributed by atoms with E-state index in [9.17, 15) is 4.79 Å². The van der Waals surface area contributed by atoms with Gasteiger partial charge >= 0.3 is 0 Å². The fourth-order valence-electron chi connectivity index (χ4n) is 4.72. The summed E-state index contributed by atoms with van der Waals surface area (Å²) in [6.07, 6.45) is 7.53. The minimum Gasteiger partial charge on any atom is -0.370 e. The number of amides is 1. The van der Waals surface area contributed by atoms with E-state index in [2.05, 4.69) is 60.1 Å². The first-order chi connectivity index (χ1) is 15.9. The summed E-state index contributed by atoms with van der Waals surface area (Å²) in [5.41, 5.74) is 3.89. The van der Waals surface area contributed by atoms with Gasteiger partial charge in [-0.1, -0.05) is 39.8 Å². The third-order valence-corrected chi connectivity index (χ3v) is 6.67. The van der Waals surface area contributed by atoms with Crippen LogP contribution in [0.25, 0.3) is 5.65 Å². The Balaban J connectivity index is 1.48. The molecule has 1 fully saturated rings. The second-order valence-corrected chi connectivity index (χ2v) is 9.29. The van der Waals surface area contributed by atoms with Crippen molar-refractivity contribution in [1.29, 1.82) is 0 Å². The fraction of sp³-hybridized carbons (Fsp3) is 0.500. The van der Waals surface area contributed by atoms with Crippen LogP contribution in [0, 0.1) is 12.8 Å². The Bertz CT molecular complexity index is 1090. The van der Waals surface area contributed by atoms with Crippen LogP contribution in [0.2, 0.25) is 0 Å². The molecule has 1 N–H and O–H groups in total. The summed E-state index contributed by atoms with van der Waals surface area (Å²) in [4.78, 5) is 19.7. The zero-order valence-electron chi connectivity index (χ0n) is 20.3. The van der Waals surface area contributed by atoms with Gasteiger partial charge in [-0.15, -0.1) is 0 Å². The van der Waals surface area contributed by atoms with Gasteiger partial charge in [-0.25, -0.2) is 9.50 Å². The van der Waals surface area contributed by atoms with Crippen LogP contribution in [0.1, 0.15) is 68.1 Å². The molecular weight excluding hydrogens is 414 g/mol. The highest BCUT2D eigenvalue weighted by Gasteiger charge is 2.34. The van der Waals surface area contributed by atoms with Gasteiger partial charge in [-0.05, 0) is 62.0 Å². The number of nitrogens with zero attached hydrogens (tertiary/aromatic N) is 4. The number of carbonyl (C=O) groups is 1. The summed E-state index contributed by atoms with van der Waals surface area (Å²) >= 11 is 0. The van der Waals surface area contributed by atoms with Crippen molar-refractivity contribution in [3.63, 3.8) is 0 Å². The van der Waals surface area contributed by atoms with Gasteiger partial charge in [0, 0.05) is 24.1 Å². The molecule has 1 aliphatic heterocycles. The van der Waals surface area contributed by atoms with Crippen molar-refractivity contribution in [2.24, 2.45) is 5.92 Å². The van der Waals surface area contributed by atoms with Crippen LogP contribution in [0.15, 0.2) is 42.9 Å². The number of carbonyl (C=O) groups excluding carboxylic acids is 1. The molecule has 3 atom stereocenters. The number of ether oxygens (including phenoxy) is 1. The molecule has 7 heteroatoms. The fourth-order valence-corrected chi connectivity index (χ4v) is 4.72. The van der Waals surface area contributed by atoms with Gasteiger partial charge in [0.15, 0.2) is 5.65 Å². The number of anilines is 1. The first-order valence-corrected chi connectivity index (χ1v) is 12.0. The smallest absolute Gasteiger partial charge is 0.261 e. The number of benzene rings is 1. The standard InChI is InChI=1S/C26H35N5O2/c1-6-30(7-2)21-12-23(17(3)4)33-24(13-21)19-8-10-20(11-9-19)29-26(32)22-15-28-31-16-18(5)14-27-25(22)31/h8-11,14-17,21,23-24H,6-7,12-13H2,1-5H3,(H,29,32)/t21-,23-,24+/m1/s1. The molecule has 4 rings (SSSR count). The molecule has 1 saturated heterocycles. The SMILES string of the molecule is CCN(CC)[C@H]1C[C@@H](c2ccc(NC(=O)c3cnn4cc(C)cnc34)cc2)O[C@@H](C(C)C)C1. The molecule has 0 radical (unpaired) electrons. The number of aromatic nitrogens is 3. The van der Waals surface area contributed by atoms with Gasteiger partial charge in [0.25, 0.3) is 5.91 Å². The van der Waals surface area contributed by atoms with Gasteiger partial charge in [-0.3, -0.25) is 4.79 Å². The van der Waals surface area contributed by atoms with E-state index < -0.39 is 0 Å². The van der Waals surface area contributed by atoms with Gasteiger partial charge in [0.05, 0.1) is 18.4 Å². The highest BCUT2D eigenvalue weighted by Crippen LogP contribution is 2.36. The molecule has 3 aromatic rings. The number of aryl methyl sites for hydroxylation is 1. The summed E-state index contributed by atoms with van der Waals surface area (Å²) in [6, 6.07) is 8.56. The van der Waals surface area contributed by atoms with Crippen molar-refractivity contribution in [3.8, 4) is 0 Å². The van der Waals surface area contributed by atoms with Crippen LogP contribution in [0.4, 0.5) is 5.69 Å². The van der Waals surface area contributed by atoms with E-state index >= 15 is 0 Å². The Morgan fingerprint density at radius 1 is 1.18 bits per heavy atom. The topological polar surface area (TPSA) is 71.8 Å². The molecule has 1 aliphatic rings. The third-order valence-electron chi connectivity index (χ3n) is 6.67. The van der Waals surface area contributed by atoms with Gasteiger partial charge in [0.2, 0.25) is 0 Å². The lowest BCUT2D eigenvalue weighted by atomic mass is 9.89. The number of rotatable bonds is 7. The predicted molar refractivity (Wildman–Crippen MR) is 131 cm³/mol. The molecule has 33 heavy (non-hydrogen) atoms. The van der Waals surface area contributed by atoms with Crippen LogP contribution >= 0.6 is 0 Å². The van der Waals surface area contributed by atoms with Crippen molar-refractivity contribution < 1.29 is 9.53 Å². The molecule has 7 nitrogen and oxygen atoms in total. The average molecular weight is 450 g/mol. The Morgan fingerprint density at radius 3 is 2.58 bits per heavy atom. The molecule has 0 spiro atoms. The number of nitrogens with one attached hydrogen (secondary N) is 1. The lowest BCUT2D eigenvalue weighted by Gasteiger charge is -2.42. The largest absolute Gasteiger partial charge is 0.370 e. The molecular formula is C26H35N5O2. The Hall–Kier alpha value is -2.77. The van der Waals surface area contributed by atoms with Crippen LogP contribution in [-0.2, 0) is 4.74 Å². The maximum absolute atomic E-state index is 12.8. The van der Waals surface area contributed by atoms with E-state index in [1.807, 2.05) is 25.3 Å². The van der Waals surface area contributed by atoms with Gasteiger partial charge < -0.3 is 15.0 Å². The zero-order valence-corrected chi connectivity index (χ0v) is 20.3. The molecule has 2 aromatic heterocycles. The Kier molecular flexibility index (Phi) is 7.10. The van der Waals surface area contributed by atoms with Crippen molar-refractivity contribution in [1.82, 2.24) is 19.5 Å². The summed E-state index contributed by atoms with van der Waals surface area (Å²) in [5.74, 6) is 0.261. The molecule has 0 aliphatic carbocycles. The normalized spacial score (nSPS) is 21.1. The maximum Gasteiger partial charge on any atom is 0.261 e. The summed E-state index contributed by atoms with van der Waals surface area (Å²) in [7, 11) is 0. The minimum atomic E-state index is -0.218. The Labute approximate surface area is 196 Å². The highest BCUT2D eigenvalue weighted by atomic mass is 16.5. The van der Waals surface area contributed by atoms with E-state index in [4.69, 9.17) is 4.74 Å². The molecule has 1 amide bonds. The van der Waals surface area contributed by atoms with Crippen molar-refractivity contribution >= 4 is 17.2 Å². The monoisotopic (exact) mass is 449 g/mol. The summed E-state index contributed by atoms with van der Waals surface area (Å²) in [5, 5.41) is 7.22. The number of fused-ring (bicyclic) bond motifs is 1. The van der Waals surface area contributed by atoms with Crippen LogP contribution < -0.4 is 5.32 Å². The molecule has 0 bridgehead atoms. The van der Waals surface area contributed by atoms with E-state index in [-0.39, 0.29) is 18.1 Å². The first-order valence-electron chi connectivity index (χ1n) is 12.0. The summed E-state index contributed by atoms with van der Waals surface area (Å²) < 4.78 is 8.14. The highest BCUT2D eigenvalue weighted by molar-refractivity contribution is 6.08. The van der Waals surface area contributed by atoms with Crippen molar-refractivity contribution in [3.05, 3.63) is 59.5 Å². The lowest BCUT2D eigenvalue weighted by Crippen LogP contribution is -2.44. The molecule has 1 aromatic carbocycles. The van der Waals surface area contributed by atoms with Gasteiger partial charge in [0.1, 0.15) is 5.56 Å². The summed E-state index contributed by atoms with van der Waals surface area (Å²) in [6.45, 7) is 13.0. The maximum atomic E-state index is 12.8. The van der Waals surface area contributed by atoms with E-state index in [0.717, 1.165) is 42.7 Å². The van der Waals surface area contributed by atoms with Crippen molar-refractivity contribution in [2.75, 3.05) is 18.4 Å². The average Bonchev–Trinajstić information content (AvgIpc) is 3.23. The predicted octanol–water partition coefficient (Wildman–Crippen LogP) is 4.88. The molecule has 0 saturated carbocycles. The van der Waals surface area contributed by atoms with E-state index in [1.165, 1.54) is 0 Å². The second-order valence-electron chi connectivity index (χ2n) is 9.29. The number of hydrogen-bond acceptors (Lipinski definition) is 5. The zero-order chi connectivity index (χ0) is 23.5. The number of hydrogen-bond donors (Lipinski definition) is 1. The quantitative estimate of drug-likeness (QED) is 0.557. The van der Waals surface area contributed by atoms with Crippen LogP contribution in [0.5, 0.6) is 0 Å². The van der Waals surface area contributed by atoms with Crippen LogP contribution in [-0.4, -0.2) is 50.6 Å².